The van der Waals surface area contributed by atoms with E-state index in [1.54, 1.807) is 29.5 Å². The highest BCUT2D eigenvalue weighted by molar-refractivity contribution is 7.09. The quantitative estimate of drug-likeness (QED) is 0.672. The summed E-state index contributed by atoms with van der Waals surface area (Å²) in [6.45, 7) is 2.36. The highest BCUT2D eigenvalue weighted by Crippen LogP contribution is 2.34. The van der Waals surface area contributed by atoms with Crippen LogP contribution in [0.15, 0.2) is 23.6 Å². The zero-order chi connectivity index (χ0) is 13.8. The third-order valence-electron chi connectivity index (χ3n) is 2.53. The minimum Gasteiger partial charge on any atom is -0.490 e. The van der Waals surface area contributed by atoms with Gasteiger partial charge in [0, 0.05) is 5.38 Å². The molecule has 0 saturated carbocycles. The summed E-state index contributed by atoms with van der Waals surface area (Å²) in [6.07, 6.45) is 0. The first kappa shape index (κ1) is 13.3. The lowest BCUT2D eigenvalue weighted by molar-refractivity contribution is -0.384. The molecule has 0 fully saturated rings. The SMILES string of the molecule is COc1cccc(NCc2csc(C)n2)c1[N+](=O)[O-]. The number of hydrogen-bond acceptors (Lipinski definition) is 6. The number of aromatic nitrogens is 1. The molecule has 19 heavy (non-hydrogen) atoms. The van der Waals surface area contributed by atoms with Gasteiger partial charge in [-0.1, -0.05) is 6.07 Å². The summed E-state index contributed by atoms with van der Waals surface area (Å²) in [7, 11) is 1.41. The lowest BCUT2D eigenvalue weighted by atomic mass is 10.2. The second-order valence-corrected chi connectivity index (χ2v) is 4.89. The number of hydrogen-bond donors (Lipinski definition) is 1. The molecule has 0 aliphatic heterocycles. The number of rotatable bonds is 5. The molecular weight excluding hydrogens is 266 g/mol. The van der Waals surface area contributed by atoms with Crippen molar-refractivity contribution in [3.63, 3.8) is 0 Å². The van der Waals surface area contributed by atoms with Gasteiger partial charge in [0.1, 0.15) is 5.69 Å². The number of aryl methyl sites for hydroxylation is 1. The van der Waals surface area contributed by atoms with Gasteiger partial charge >= 0.3 is 5.69 Å². The first-order chi connectivity index (χ1) is 9.11. The van der Waals surface area contributed by atoms with E-state index < -0.39 is 4.92 Å². The molecule has 1 heterocycles. The van der Waals surface area contributed by atoms with E-state index in [0.717, 1.165) is 10.7 Å². The molecule has 1 N–H and O–H groups in total. The molecule has 2 aromatic rings. The maximum Gasteiger partial charge on any atom is 0.333 e. The van der Waals surface area contributed by atoms with Gasteiger partial charge in [0.05, 0.1) is 29.3 Å². The predicted molar refractivity (Wildman–Crippen MR) is 73.8 cm³/mol. The largest absolute Gasteiger partial charge is 0.490 e. The van der Waals surface area contributed by atoms with E-state index in [1.807, 2.05) is 12.3 Å². The van der Waals surface area contributed by atoms with Crippen LogP contribution in [0.3, 0.4) is 0 Å². The van der Waals surface area contributed by atoms with E-state index in [2.05, 4.69) is 10.3 Å². The summed E-state index contributed by atoms with van der Waals surface area (Å²) in [6, 6.07) is 4.93. The lowest BCUT2D eigenvalue weighted by Gasteiger charge is -2.08. The van der Waals surface area contributed by atoms with Crippen LogP contribution in [0.4, 0.5) is 11.4 Å². The van der Waals surface area contributed by atoms with Crippen molar-refractivity contribution >= 4 is 22.7 Å². The maximum absolute atomic E-state index is 11.1. The molecule has 2 rings (SSSR count). The van der Waals surface area contributed by atoms with Crippen LogP contribution in [0.2, 0.25) is 0 Å². The Hall–Kier alpha value is -2.15. The summed E-state index contributed by atoms with van der Waals surface area (Å²) >= 11 is 1.55. The molecular formula is C12H13N3O3S. The second-order valence-electron chi connectivity index (χ2n) is 3.82. The summed E-state index contributed by atoms with van der Waals surface area (Å²) in [5.74, 6) is 0.240. The minimum atomic E-state index is -0.451. The van der Waals surface area contributed by atoms with Crippen molar-refractivity contribution in [3.8, 4) is 5.75 Å². The van der Waals surface area contributed by atoms with Crippen LogP contribution >= 0.6 is 11.3 Å². The number of methoxy groups -OCH3 is 1. The van der Waals surface area contributed by atoms with Crippen molar-refractivity contribution in [2.75, 3.05) is 12.4 Å². The molecule has 0 bridgehead atoms. The Morgan fingerprint density at radius 2 is 2.32 bits per heavy atom. The Morgan fingerprint density at radius 3 is 2.89 bits per heavy atom. The van der Waals surface area contributed by atoms with Gasteiger partial charge in [-0.15, -0.1) is 11.3 Å². The fourth-order valence-electron chi connectivity index (χ4n) is 1.69. The van der Waals surface area contributed by atoms with Crippen molar-refractivity contribution < 1.29 is 9.66 Å². The zero-order valence-electron chi connectivity index (χ0n) is 10.5. The van der Waals surface area contributed by atoms with Gasteiger partial charge in [-0.2, -0.15) is 0 Å². The molecule has 7 heteroatoms. The van der Waals surface area contributed by atoms with Gasteiger partial charge in [0.15, 0.2) is 5.75 Å². The predicted octanol–water partition coefficient (Wildman–Crippen LogP) is 2.98. The average Bonchev–Trinajstić information content (AvgIpc) is 2.81. The molecule has 0 saturated heterocycles. The minimum absolute atomic E-state index is 0.0584. The van der Waals surface area contributed by atoms with Gasteiger partial charge < -0.3 is 10.1 Å². The molecule has 0 unspecified atom stereocenters. The van der Waals surface area contributed by atoms with Crippen molar-refractivity contribution in [1.82, 2.24) is 4.98 Å². The van der Waals surface area contributed by atoms with Crippen LogP contribution in [-0.4, -0.2) is 17.0 Å². The fourth-order valence-corrected chi connectivity index (χ4v) is 2.31. The fraction of sp³-hybridized carbons (Fsp3) is 0.250. The monoisotopic (exact) mass is 279 g/mol. The molecule has 1 aromatic heterocycles. The smallest absolute Gasteiger partial charge is 0.333 e. The zero-order valence-corrected chi connectivity index (χ0v) is 11.4. The number of nitrogens with zero attached hydrogens (tertiary/aromatic N) is 2. The van der Waals surface area contributed by atoms with E-state index in [4.69, 9.17) is 4.74 Å². The third kappa shape index (κ3) is 3.00. The van der Waals surface area contributed by atoms with E-state index in [9.17, 15) is 10.1 Å². The third-order valence-corrected chi connectivity index (χ3v) is 3.35. The van der Waals surface area contributed by atoms with E-state index in [-0.39, 0.29) is 11.4 Å². The van der Waals surface area contributed by atoms with Crippen LogP contribution in [0.1, 0.15) is 10.7 Å². The summed E-state index contributed by atoms with van der Waals surface area (Å²) in [4.78, 5) is 14.9. The van der Waals surface area contributed by atoms with E-state index in [0.29, 0.717) is 12.2 Å². The van der Waals surface area contributed by atoms with Gasteiger partial charge in [-0.25, -0.2) is 4.98 Å². The Morgan fingerprint density at radius 1 is 1.53 bits per heavy atom. The molecule has 100 valence electrons. The number of nitro groups is 1. The lowest BCUT2D eigenvalue weighted by Crippen LogP contribution is -2.04. The molecule has 0 aliphatic carbocycles. The van der Waals surface area contributed by atoms with Crippen molar-refractivity contribution in [3.05, 3.63) is 44.4 Å². The Kier molecular flexibility index (Phi) is 3.96. The standard InChI is InChI=1S/C12H13N3O3S/c1-8-14-9(7-19-8)6-13-10-4-3-5-11(18-2)12(10)15(16)17/h3-5,7,13H,6H2,1-2H3. The highest BCUT2D eigenvalue weighted by Gasteiger charge is 2.20. The van der Waals surface area contributed by atoms with Crippen LogP contribution < -0.4 is 10.1 Å². The normalized spacial score (nSPS) is 10.2. The molecule has 6 nitrogen and oxygen atoms in total. The maximum atomic E-state index is 11.1. The van der Waals surface area contributed by atoms with Crippen molar-refractivity contribution in [2.24, 2.45) is 0 Å². The first-order valence-electron chi connectivity index (χ1n) is 5.58. The summed E-state index contributed by atoms with van der Waals surface area (Å²) < 4.78 is 5.01. The molecule has 0 aliphatic rings. The van der Waals surface area contributed by atoms with Crippen molar-refractivity contribution in [1.29, 1.82) is 0 Å². The number of nitro benzene ring substituents is 1. The van der Waals surface area contributed by atoms with Gasteiger partial charge in [0.2, 0.25) is 0 Å². The first-order valence-corrected chi connectivity index (χ1v) is 6.46. The van der Waals surface area contributed by atoms with Crippen LogP contribution in [0.5, 0.6) is 5.75 Å². The molecule has 0 atom stereocenters. The molecule has 0 radical (unpaired) electrons. The number of thiazole rings is 1. The van der Waals surface area contributed by atoms with Gasteiger partial charge in [0.25, 0.3) is 0 Å². The van der Waals surface area contributed by atoms with Crippen LogP contribution in [0, 0.1) is 17.0 Å². The number of para-hydroxylation sites is 1. The average molecular weight is 279 g/mol. The van der Waals surface area contributed by atoms with Crippen LogP contribution in [-0.2, 0) is 6.54 Å². The van der Waals surface area contributed by atoms with Gasteiger partial charge in [-0.05, 0) is 19.1 Å². The highest BCUT2D eigenvalue weighted by atomic mass is 32.1. The van der Waals surface area contributed by atoms with E-state index in [1.165, 1.54) is 7.11 Å². The molecule has 1 aromatic carbocycles. The Balaban J connectivity index is 2.22. The molecule has 0 spiro atoms. The number of benzene rings is 1. The Bertz CT molecular complexity index is 598. The van der Waals surface area contributed by atoms with Crippen LogP contribution in [0.25, 0.3) is 0 Å². The topological polar surface area (TPSA) is 77.3 Å². The molecule has 0 amide bonds. The number of ether oxygens (including phenoxy) is 1. The number of anilines is 1. The second kappa shape index (κ2) is 5.66. The summed E-state index contributed by atoms with van der Waals surface area (Å²) in [5, 5.41) is 17.0. The summed E-state index contributed by atoms with van der Waals surface area (Å²) in [5.41, 5.74) is 1.23. The number of nitrogens with one attached hydrogen (secondary N) is 1. The van der Waals surface area contributed by atoms with E-state index >= 15 is 0 Å². The Labute approximate surface area is 114 Å². The van der Waals surface area contributed by atoms with Gasteiger partial charge in [-0.3, -0.25) is 10.1 Å². The van der Waals surface area contributed by atoms with Crippen molar-refractivity contribution in [2.45, 2.75) is 13.5 Å².